The van der Waals surface area contributed by atoms with Crippen LogP contribution >= 0.6 is 23.1 Å². The summed E-state index contributed by atoms with van der Waals surface area (Å²) in [5, 5.41) is 7.44. The zero-order valence-corrected chi connectivity index (χ0v) is 15.2. The van der Waals surface area contributed by atoms with E-state index < -0.39 is 6.04 Å². The van der Waals surface area contributed by atoms with E-state index in [9.17, 15) is 14.0 Å². The number of thiophene rings is 1. The Bertz CT molecular complexity index is 719. The third kappa shape index (κ3) is 5.06. The molecule has 25 heavy (non-hydrogen) atoms. The van der Waals surface area contributed by atoms with Gasteiger partial charge in [-0.2, -0.15) is 0 Å². The molecular formula is C18H19FN2O2S2. The van der Waals surface area contributed by atoms with Crippen molar-refractivity contribution in [2.75, 3.05) is 12.3 Å². The highest BCUT2D eigenvalue weighted by atomic mass is 32.2. The molecule has 132 valence electrons. The number of carbonyl (C=O) groups is 2. The molecule has 2 heterocycles. The van der Waals surface area contributed by atoms with Crippen LogP contribution in [0.3, 0.4) is 0 Å². The minimum atomic E-state index is -0.495. The van der Waals surface area contributed by atoms with Crippen molar-refractivity contribution in [2.45, 2.75) is 24.1 Å². The molecule has 0 saturated carbocycles. The summed E-state index contributed by atoms with van der Waals surface area (Å²) in [5.41, 5.74) is 0.910. The summed E-state index contributed by atoms with van der Waals surface area (Å²) in [6, 6.07) is 9.69. The van der Waals surface area contributed by atoms with Crippen LogP contribution in [0.1, 0.15) is 10.4 Å². The van der Waals surface area contributed by atoms with E-state index in [0.717, 1.165) is 12.0 Å². The molecule has 7 heteroatoms. The van der Waals surface area contributed by atoms with E-state index in [2.05, 4.69) is 10.6 Å². The van der Waals surface area contributed by atoms with Crippen LogP contribution in [0.2, 0.25) is 0 Å². The van der Waals surface area contributed by atoms with Crippen molar-refractivity contribution in [1.29, 1.82) is 0 Å². The Morgan fingerprint density at radius 3 is 2.76 bits per heavy atom. The second kappa shape index (κ2) is 8.49. The smallest absolute Gasteiger partial charge is 0.243 e. The Kier molecular flexibility index (Phi) is 6.09. The average molecular weight is 378 g/mol. The summed E-state index contributed by atoms with van der Waals surface area (Å²) < 4.78 is 12.9. The highest BCUT2D eigenvalue weighted by Gasteiger charge is 2.32. The minimum absolute atomic E-state index is 0.140. The van der Waals surface area contributed by atoms with Crippen LogP contribution in [-0.4, -0.2) is 35.4 Å². The fourth-order valence-electron chi connectivity index (χ4n) is 2.61. The monoisotopic (exact) mass is 378 g/mol. The van der Waals surface area contributed by atoms with E-state index in [-0.39, 0.29) is 22.9 Å². The van der Waals surface area contributed by atoms with Crippen molar-refractivity contribution in [1.82, 2.24) is 10.6 Å². The van der Waals surface area contributed by atoms with Gasteiger partial charge in [0.15, 0.2) is 0 Å². The molecule has 0 radical (unpaired) electrons. The number of amides is 2. The zero-order valence-electron chi connectivity index (χ0n) is 13.5. The number of halogens is 1. The Hall–Kier alpha value is -1.86. The van der Waals surface area contributed by atoms with E-state index in [1.165, 1.54) is 28.8 Å². The highest BCUT2D eigenvalue weighted by molar-refractivity contribution is 8.00. The number of thioether (sulfide) groups is 1. The predicted molar refractivity (Wildman–Crippen MR) is 99.3 cm³/mol. The zero-order chi connectivity index (χ0) is 17.6. The van der Waals surface area contributed by atoms with Gasteiger partial charge in [-0.15, -0.1) is 23.1 Å². The van der Waals surface area contributed by atoms with Gasteiger partial charge < -0.3 is 10.6 Å². The summed E-state index contributed by atoms with van der Waals surface area (Å²) in [6.45, 7) is 0.565. The third-order valence-corrected chi connectivity index (χ3v) is 6.22. The third-order valence-electron chi connectivity index (χ3n) is 3.97. The van der Waals surface area contributed by atoms with Crippen LogP contribution in [0.4, 0.5) is 4.39 Å². The quantitative estimate of drug-likeness (QED) is 0.812. The molecule has 2 amide bonds. The van der Waals surface area contributed by atoms with Crippen LogP contribution < -0.4 is 10.6 Å². The van der Waals surface area contributed by atoms with Gasteiger partial charge in [-0.3, -0.25) is 9.59 Å². The van der Waals surface area contributed by atoms with Crippen LogP contribution in [0.15, 0.2) is 41.8 Å². The molecule has 1 aliphatic heterocycles. The second-order valence-electron chi connectivity index (χ2n) is 5.83. The molecule has 1 saturated heterocycles. The molecule has 1 fully saturated rings. The SMILES string of the molecule is O=C(NCCc1cccs1)[C@@H]1CS[C@@H](Cc2ccc(F)cc2)C(=O)N1. The van der Waals surface area contributed by atoms with Crippen LogP contribution in [0, 0.1) is 5.82 Å². The van der Waals surface area contributed by atoms with E-state index in [1.807, 2.05) is 17.5 Å². The first-order chi connectivity index (χ1) is 12.1. The van der Waals surface area contributed by atoms with Gasteiger partial charge in [-0.05, 0) is 42.0 Å². The first-order valence-corrected chi connectivity index (χ1v) is 10.0. The van der Waals surface area contributed by atoms with Crippen LogP contribution in [-0.2, 0) is 22.4 Å². The lowest BCUT2D eigenvalue weighted by molar-refractivity contribution is -0.128. The Morgan fingerprint density at radius 2 is 2.08 bits per heavy atom. The molecule has 2 N–H and O–H groups in total. The number of carbonyl (C=O) groups excluding carboxylic acids is 2. The van der Waals surface area contributed by atoms with E-state index in [1.54, 1.807) is 23.5 Å². The second-order valence-corrected chi connectivity index (χ2v) is 8.10. The maximum absolute atomic E-state index is 12.9. The van der Waals surface area contributed by atoms with Gasteiger partial charge in [-0.1, -0.05) is 18.2 Å². The molecule has 1 aliphatic rings. The lowest BCUT2D eigenvalue weighted by Crippen LogP contribution is -2.54. The summed E-state index contributed by atoms with van der Waals surface area (Å²) in [5.74, 6) is -0.0250. The van der Waals surface area contributed by atoms with Gasteiger partial charge in [0, 0.05) is 17.2 Å². The molecule has 0 spiro atoms. The van der Waals surface area contributed by atoms with Gasteiger partial charge in [-0.25, -0.2) is 4.39 Å². The maximum Gasteiger partial charge on any atom is 0.243 e. The minimum Gasteiger partial charge on any atom is -0.354 e. The number of hydrogen-bond acceptors (Lipinski definition) is 4. The van der Waals surface area contributed by atoms with Crippen molar-refractivity contribution < 1.29 is 14.0 Å². The predicted octanol–water partition coefficient (Wildman–Crippen LogP) is 2.39. The van der Waals surface area contributed by atoms with Gasteiger partial charge in [0.05, 0.1) is 5.25 Å². The lowest BCUT2D eigenvalue weighted by atomic mass is 10.1. The van der Waals surface area contributed by atoms with Crippen molar-refractivity contribution in [3.05, 3.63) is 58.0 Å². The first kappa shape index (κ1) is 17.9. The fourth-order valence-corrected chi connectivity index (χ4v) is 4.51. The molecule has 1 aromatic heterocycles. The van der Waals surface area contributed by atoms with Gasteiger partial charge in [0.25, 0.3) is 0 Å². The lowest BCUT2D eigenvalue weighted by Gasteiger charge is -2.28. The van der Waals surface area contributed by atoms with E-state index in [0.29, 0.717) is 18.7 Å². The van der Waals surface area contributed by atoms with Crippen molar-refractivity contribution in [3.8, 4) is 0 Å². The molecule has 0 aliphatic carbocycles. The standard InChI is InChI=1S/C18H19FN2O2S2/c19-13-5-3-12(4-6-13)10-16-18(23)21-15(11-25-16)17(22)20-8-7-14-2-1-9-24-14/h1-6,9,15-16H,7-8,10-11H2,(H,20,22)(H,21,23)/t15-,16-/m0/s1. The van der Waals surface area contributed by atoms with Crippen LogP contribution in [0.5, 0.6) is 0 Å². The fraction of sp³-hybridized carbons (Fsp3) is 0.333. The largest absolute Gasteiger partial charge is 0.354 e. The Balaban J connectivity index is 1.45. The normalized spacial score (nSPS) is 20.1. The average Bonchev–Trinajstić information content (AvgIpc) is 3.12. The molecule has 2 atom stereocenters. The maximum atomic E-state index is 12.9. The molecule has 4 nitrogen and oxygen atoms in total. The van der Waals surface area contributed by atoms with Gasteiger partial charge in [0.2, 0.25) is 11.8 Å². The summed E-state index contributed by atoms with van der Waals surface area (Å²) >= 11 is 3.14. The number of hydrogen-bond donors (Lipinski definition) is 2. The molecule has 1 aromatic carbocycles. The summed E-state index contributed by atoms with van der Waals surface area (Å²) in [6.07, 6.45) is 1.33. The van der Waals surface area contributed by atoms with Crippen LogP contribution in [0.25, 0.3) is 0 Å². The Labute approximate surface area is 154 Å². The first-order valence-electron chi connectivity index (χ1n) is 8.08. The van der Waals surface area contributed by atoms with Crippen molar-refractivity contribution in [3.63, 3.8) is 0 Å². The number of rotatable bonds is 6. The molecular weight excluding hydrogens is 359 g/mol. The molecule has 0 unspecified atom stereocenters. The Morgan fingerprint density at radius 1 is 1.28 bits per heavy atom. The summed E-state index contributed by atoms with van der Waals surface area (Å²) in [7, 11) is 0. The number of nitrogens with one attached hydrogen (secondary N) is 2. The topological polar surface area (TPSA) is 58.2 Å². The van der Waals surface area contributed by atoms with E-state index in [4.69, 9.17) is 0 Å². The van der Waals surface area contributed by atoms with E-state index >= 15 is 0 Å². The summed E-state index contributed by atoms with van der Waals surface area (Å²) in [4.78, 5) is 25.7. The molecule has 0 bridgehead atoms. The van der Waals surface area contributed by atoms with Gasteiger partial charge in [0.1, 0.15) is 11.9 Å². The van der Waals surface area contributed by atoms with Crippen molar-refractivity contribution >= 4 is 34.9 Å². The van der Waals surface area contributed by atoms with Gasteiger partial charge >= 0.3 is 0 Å². The molecule has 3 rings (SSSR count). The number of benzene rings is 1. The molecule has 2 aromatic rings. The van der Waals surface area contributed by atoms with Crippen molar-refractivity contribution in [2.24, 2.45) is 0 Å². The highest BCUT2D eigenvalue weighted by Crippen LogP contribution is 2.22.